The van der Waals surface area contributed by atoms with Gasteiger partial charge in [-0.25, -0.2) is 9.67 Å². The molecule has 2 heterocycles. The Morgan fingerprint density at radius 2 is 1.92 bits per heavy atom. The normalized spacial score (nSPS) is 12.8. The molecule has 0 amide bonds. The molecule has 0 radical (unpaired) electrons. The fourth-order valence-electron chi connectivity index (χ4n) is 2.31. The summed E-state index contributed by atoms with van der Waals surface area (Å²) in [6.07, 6.45) is -1.13. The van der Waals surface area contributed by atoms with E-state index in [0.29, 0.717) is 5.82 Å². The molecule has 6 nitrogen and oxygen atoms in total. The van der Waals surface area contributed by atoms with Crippen molar-refractivity contribution in [1.82, 2.24) is 19.7 Å². The minimum Gasteiger partial charge on any atom is -0.387 e. The number of anilines is 1. The second-order valence-electron chi connectivity index (χ2n) is 5.17. The molecule has 2 N–H and O–H groups in total. The zero-order valence-electron chi connectivity index (χ0n) is 12.9. The van der Waals surface area contributed by atoms with Gasteiger partial charge in [-0.15, -0.1) is 0 Å². The largest absolute Gasteiger partial charge is 0.416 e. The van der Waals surface area contributed by atoms with Gasteiger partial charge >= 0.3 is 6.18 Å². The van der Waals surface area contributed by atoms with Gasteiger partial charge in [0, 0.05) is 31.2 Å². The third-order valence-corrected chi connectivity index (χ3v) is 3.46. The second-order valence-corrected chi connectivity index (χ2v) is 5.17. The first-order valence-corrected chi connectivity index (χ1v) is 7.36. The number of aromatic nitrogens is 4. The van der Waals surface area contributed by atoms with Crippen molar-refractivity contribution in [2.75, 3.05) is 11.9 Å². The Balaban J connectivity index is 1.73. The van der Waals surface area contributed by atoms with Gasteiger partial charge in [0.05, 0.1) is 11.7 Å². The maximum Gasteiger partial charge on any atom is 0.416 e. The minimum absolute atomic E-state index is 0.171. The molecule has 0 unspecified atom stereocenters. The lowest BCUT2D eigenvalue weighted by Gasteiger charge is -2.18. The molecule has 0 fully saturated rings. The number of alkyl halides is 3. The van der Waals surface area contributed by atoms with Crippen LogP contribution in [0.3, 0.4) is 0 Å². The molecule has 1 atom stereocenters. The Morgan fingerprint density at radius 1 is 1.12 bits per heavy atom. The van der Waals surface area contributed by atoms with Crippen molar-refractivity contribution < 1.29 is 18.3 Å². The van der Waals surface area contributed by atoms with E-state index in [1.54, 1.807) is 24.5 Å². The summed E-state index contributed by atoms with van der Waals surface area (Å²) >= 11 is 0. The highest BCUT2D eigenvalue weighted by Crippen LogP contribution is 2.34. The molecule has 0 bridgehead atoms. The number of aliphatic hydroxyl groups is 1. The first kappa shape index (κ1) is 16.9. The molecular formula is C16H14F3N5O. The highest BCUT2D eigenvalue weighted by atomic mass is 19.4. The molecule has 3 rings (SSSR count). The average molecular weight is 349 g/mol. The molecule has 0 aliphatic rings. The Kier molecular flexibility index (Phi) is 4.66. The van der Waals surface area contributed by atoms with E-state index in [9.17, 15) is 18.3 Å². The van der Waals surface area contributed by atoms with Gasteiger partial charge in [0.15, 0.2) is 5.82 Å². The summed E-state index contributed by atoms with van der Waals surface area (Å²) in [5.41, 5.74) is -1.07. The Hall–Kier alpha value is -2.94. The lowest BCUT2D eigenvalue weighted by atomic mass is 10.0. The van der Waals surface area contributed by atoms with Crippen molar-refractivity contribution in [2.24, 2.45) is 0 Å². The topological polar surface area (TPSA) is 75.9 Å². The number of nitrogens with zero attached hydrogens (tertiary/aromatic N) is 4. The third-order valence-electron chi connectivity index (χ3n) is 3.46. The van der Waals surface area contributed by atoms with Crippen LogP contribution in [0.2, 0.25) is 0 Å². The third kappa shape index (κ3) is 3.94. The summed E-state index contributed by atoms with van der Waals surface area (Å²) in [7, 11) is 0. The summed E-state index contributed by atoms with van der Waals surface area (Å²) in [6, 6.07) is 8.27. The van der Waals surface area contributed by atoms with Crippen molar-refractivity contribution in [1.29, 1.82) is 0 Å². The number of halogens is 3. The minimum atomic E-state index is -4.53. The van der Waals surface area contributed by atoms with E-state index >= 15 is 0 Å². The van der Waals surface area contributed by atoms with Crippen molar-refractivity contribution in [3.63, 3.8) is 0 Å². The van der Waals surface area contributed by atoms with E-state index in [0.717, 1.165) is 6.07 Å². The number of aliphatic hydroxyl groups excluding tert-OH is 1. The van der Waals surface area contributed by atoms with E-state index in [-0.39, 0.29) is 18.1 Å². The molecule has 25 heavy (non-hydrogen) atoms. The van der Waals surface area contributed by atoms with E-state index in [2.05, 4.69) is 20.4 Å². The smallest absolute Gasteiger partial charge is 0.387 e. The Bertz CT molecular complexity index is 836. The van der Waals surface area contributed by atoms with Gasteiger partial charge in [-0.3, -0.25) is 0 Å². The maximum absolute atomic E-state index is 13.0. The van der Waals surface area contributed by atoms with Gasteiger partial charge in [0.2, 0.25) is 5.95 Å². The lowest BCUT2D eigenvalue weighted by molar-refractivity contribution is -0.139. The second kappa shape index (κ2) is 6.89. The van der Waals surface area contributed by atoms with Crippen LogP contribution in [0.1, 0.15) is 17.2 Å². The molecule has 0 saturated carbocycles. The summed E-state index contributed by atoms with van der Waals surface area (Å²) in [4.78, 5) is 8.19. The number of hydrogen-bond donors (Lipinski definition) is 2. The fourth-order valence-corrected chi connectivity index (χ4v) is 2.31. The first-order chi connectivity index (χ1) is 11.9. The number of nitrogens with one attached hydrogen (secondary N) is 1. The highest BCUT2D eigenvalue weighted by Gasteiger charge is 2.34. The molecule has 0 aliphatic heterocycles. The van der Waals surface area contributed by atoms with Crippen LogP contribution in [-0.4, -0.2) is 31.4 Å². The SMILES string of the molecule is O[C@@H](CNc1nccc(-n2cccn2)n1)c1ccccc1C(F)(F)F. The van der Waals surface area contributed by atoms with Crippen LogP contribution in [0.4, 0.5) is 19.1 Å². The predicted molar refractivity (Wildman–Crippen MR) is 84.0 cm³/mol. The average Bonchev–Trinajstić information content (AvgIpc) is 3.14. The zero-order chi connectivity index (χ0) is 17.9. The highest BCUT2D eigenvalue weighted by molar-refractivity contribution is 5.35. The van der Waals surface area contributed by atoms with Crippen LogP contribution >= 0.6 is 0 Å². The van der Waals surface area contributed by atoms with Crippen LogP contribution in [0.15, 0.2) is 55.0 Å². The summed E-state index contributed by atoms with van der Waals surface area (Å²) in [5.74, 6) is 0.671. The van der Waals surface area contributed by atoms with Gasteiger partial charge in [-0.05, 0) is 17.7 Å². The van der Waals surface area contributed by atoms with E-state index in [1.807, 2.05) is 0 Å². The van der Waals surface area contributed by atoms with E-state index in [1.165, 1.54) is 29.1 Å². The summed E-state index contributed by atoms with van der Waals surface area (Å²) < 4.78 is 40.6. The van der Waals surface area contributed by atoms with Crippen molar-refractivity contribution >= 4 is 5.95 Å². The van der Waals surface area contributed by atoms with Crippen LogP contribution in [0.25, 0.3) is 5.82 Å². The predicted octanol–water partition coefficient (Wildman–Crippen LogP) is 2.83. The maximum atomic E-state index is 13.0. The molecule has 3 aromatic rings. The quantitative estimate of drug-likeness (QED) is 0.741. The molecule has 1 aromatic carbocycles. The molecule has 9 heteroatoms. The van der Waals surface area contributed by atoms with Gasteiger partial charge in [-0.2, -0.15) is 23.3 Å². The molecule has 0 aliphatic carbocycles. The van der Waals surface area contributed by atoms with Crippen molar-refractivity contribution in [3.8, 4) is 5.82 Å². The number of rotatable bonds is 5. The molecule has 0 saturated heterocycles. The van der Waals surface area contributed by atoms with Crippen LogP contribution in [0, 0.1) is 0 Å². The lowest BCUT2D eigenvalue weighted by Crippen LogP contribution is -2.18. The van der Waals surface area contributed by atoms with E-state index in [4.69, 9.17) is 0 Å². The van der Waals surface area contributed by atoms with E-state index < -0.39 is 17.8 Å². The monoisotopic (exact) mass is 349 g/mol. The number of hydrogen-bond acceptors (Lipinski definition) is 5. The van der Waals surface area contributed by atoms with Gasteiger partial charge in [0.25, 0.3) is 0 Å². The summed E-state index contributed by atoms with van der Waals surface area (Å²) in [5, 5.41) is 16.9. The Morgan fingerprint density at radius 3 is 2.64 bits per heavy atom. The fraction of sp³-hybridized carbons (Fsp3) is 0.188. The standard InChI is InChI=1S/C16H14F3N5O/c17-16(18,19)12-5-2-1-4-11(12)13(25)10-21-15-20-8-6-14(23-15)24-9-3-7-22-24/h1-9,13,25H,10H2,(H,20,21,23)/t13-/m0/s1. The van der Waals surface area contributed by atoms with Crippen LogP contribution < -0.4 is 5.32 Å². The first-order valence-electron chi connectivity index (χ1n) is 7.36. The van der Waals surface area contributed by atoms with Crippen molar-refractivity contribution in [3.05, 3.63) is 66.1 Å². The van der Waals surface area contributed by atoms with Crippen molar-refractivity contribution in [2.45, 2.75) is 12.3 Å². The molecule has 0 spiro atoms. The molecule has 2 aromatic heterocycles. The molecular weight excluding hydrogens is 335 g/mol. The molecule has 130 valence electrons. The zero-order valence-corrected chi connectivity index (χ0v) is 12.9. The van der Waals surface area contributed by atoms with Crippen LogP contribution in [-0.2, 0) is 6.18 Å². The summed E-state index contributed by atoms with van der Waals surface area (Å²) in [6.45, 7) is -0.171. The number of benzene rings is 1. The van der Waals surface area contributed by atoms with Crippen LogP contribution in [0.5, 0.6) is 0 Å². The van der Waals surface area contributed by atoms with Gasteiger partial charge < -0.3 is 10.4 Å². The van der Waals surface area contributed by atoms with Gasteiger partial charge in [-0.1, -0.05) is 18.2 Å². The van der Waals surface area contributed by atoms with Gasteiger partial charge in [0.1, 0.15) is 0 Å². The Labute approximate surface area is 141 Å².